The summed E-state index contributed by atoms with van der Waals surface area (Å²) in [7, 11) is 1.78. The Hall–Kier alpha value is -2.04. The Labute approximate surface area is 150 Å². The van der Waals surface area contributed by atoms with Crippen molar-refractivity contribution in [1.29, 1.82) is 0 Å². The lowest BCUT2D eigenvalue weighted by molar-refractivity contribution is -0.139. The van der Waals surface area contributed by atoms with Gasteiger partial charge in [-0.15, -0.1) is 0 Å². The minimum absolute atomic E-state index is 0.0359. The van der Waals surface area contributed by atoms with Crippen LogP contribution in [0.3, 0.4) is 0 Å². The summed E-state index contributed by atoms with van der Waals surface area (Å²) in [5.74, 6) is 1.27. The van der Waals surface area contributed by atoms with E-state index in [1.165, 1.54) is 0 Å². The number of nitrogens with one attached hydrogen (secondary N) is 1. The van der Waals surface area contributed by atoms with Gasteiger partial charge in [-0.1, -0.05) is 26.0 Å². The van der Waals surface area contributed by atoms with Crippen LogP contribution in [0.1, 0.15) is 51.6 Å². The average Bonchev–Trinajstić information content (AvgIpc) is 2.57. The predicted octanol–water partition coefficient (Wildman–Crippen LogP) is 3.16. The Bertz CT molecular complexity index is 583. The third kappa shape index (κ3) is 5.76. The maximum Gasteiger partial charge on any atom is 0.224 e. The van der Waals surface area contributed by atoms with E-state index in [9.17, 15) is 9.59 Å². The largest absolute Gasteiger partial charge is 0.494 e. The minimum atomic E-state index is -0.218. The highest BCUT2D eigenvalue weighted by atomic mass is 16.5. The van der Waals surface area contributed by atoms with Gasteiger partial charge in [0.05, 0.1) is 12.6 Å². The van der Waals surface area contributed by atoms with Gasteiger partial charge in [-0.05, 0) is 43.4 Å². The molecule has 0 bridgehead atoms. The quantitative estimate of drug-likeness (QED) is 0.825. The fourth-order valence-corrected chi connectivity index (χ4v) is 2.85. The first-order valence-corrected chi connectivity index (χ1v) is 9.14. The first-order chi connectivity index (χ1) is 11.9. The number of carbonyl (C=O) groups excluding carboxylic acids is 2. The number of ether oxygens (including phenoxy) is 1. The van der Waals surface area contributed by atoms with Gasteiger partial charge >= 0.3 is 0 Å². The molecule has 2 atom stereocenters. The van der Waals surface area contributed by atoms with E-state index in [2.05, 4.69) is 19.2 Å². The third-order valence-corrected chi connectivity index (χ3v) is 4.73. The summed E-state index contributed by atoms with van der Waals surface area (Å²) in [6.45, 7) is 7.67. The van der Waals surface area contributed by atoms with Gasteiger partial charge in [0.1, 0.15) is 5.75 Å². The molecule has 0 radical (unpaired) electrons. The normalized spacial score (nSPS) is 19.0. The molecular weight excluding hydrogens is 316 g/mol. The van der Waals surface area contributed by atoms with Crippen LogP contribution >= 0.6 is 0 Å². The maximum atomic E-state index is 12.4. The number of hydrogen-bond acceptors (Lipinski definition) is 3. The highest BCUT2D eigenvalue weighted by Gasteiger charge is 2.29. The van der Waals surface area contributed by atoms with Crippen LogP contribution in [-0.4, -0.2) is 36.9 Å². The Balaban J connectivity index is 1.84. The second-order valence-corrected chi connectivity index (χ2v) is 7.34. The first kappa shape index (κ1) is 19.3. The molecule has 138 valence electrons. The zero-order chi connectivity index (χ0) is 18.4. The van der Waals surface area contributed by atoms with Crippen LogP contribution in [0.4, 0.5) is 0 Å². The number of benzene rings is 1. The summed E-state index contributed by atoms with van der Waals surface area (Å²) in [4.78, 5) is 25.8. The lowest BCUT2D eigenvalue weighted by Gasteiger charge is -2.29. The van der Waals surface area contributed by atoms with Crippen molar-refractivity contribution in [3.05, 3.63) is 29.8 Å². The molecule has 1 aliphatic heterocycles. The fourth-order valence-electron chi connectivity index (χ4n) is 2.85. The van der Waals surface area contributed by atoms with Gasteiger partial charge in [-0.2, -0.15) is 0 Å². The summed E-state index contributed by atoms with van der Waals surface area (Å²) < 4.78 is 5.72. The van der Waals surface area contributed by atoms with Crippen molar-refractivity contribution in [3.63, 3.8) is 0 Å². The van der Waals surface area contributed by atoms with Crippen molar-refractivity contribution in [2.24, 2.45) is 11.8 Å². The van der Waals surface area contributed by atoms with Gasteiger partial charge in [-0.3, -0.25) is 9.59 Å². The number of hydrogen-bond donors (Lipinski definition) is 1. The zero-order valence-electron chi connectivity index (χ0n) is 15.7. The van der Waals surface area contributed by atoms with Gasteiger partial charge in [0.25, 0.3) is 0 Å². The van der Waals surface area contributed by atoms with Crippen molar-refractivity contribution in [2.45, 2.75) is 46.1 Å². The molecule has 2 rings (SSSR count). The van der Waals surface area contributed by atoms with Gasteiger partial charge in [-0.25, -0.2) is 0 Å². The molecule has 1 fully saturated rings. The molecule has 1 saturated heterocycles. The van der Waals surface area contributed by atoms with E-state index in [-0.39, 0.29) is 23.8 Å². The number of piperidine rings is 1. The number of likely N-dealkylation sites (tertiary alicyclic amines) is 1. The zero-order valence-corrected chi connectivity index (χ0v) is 15.7. The van der Waals surface area contributed by atoms with Crippen molar-refractivity contribution in [1.82, 2.24) is 10.2 Å². The van der Waals surface area contributed by atoms with Crippen molar-refractivity contribution in [3.8, 4) is 5.75 Å². The van der Waals surface area contributed by atoms with Crippen LogP contribution in [0.2, 0.25) is 0 Å². The summed E-state index contributed by atoms with van der Waals surface area (Å²) in [5, 5.41) is 3.03. The molecule has 5 nitrogen and oxygen atoms in total. The highest BCUT2D eigenvalue weighted by molar-refractivity contribution is 5.87. The average molecular weight is 346 g/mol. The number of amides is 2. The number of carbonyl (C=O) groups is 2. The molecule has 1 heterocycles. The summed E-state index contributed by atoms with van der Waals surface area (Å²) in [6.07, 6.45) is 2.06. The van der Waals surface area contributed by atoms with E-state index in [0.717, 1.165) is 24.2 Å². The molecule has 5 heteroatoms. The van der Waals surface area contributed by atoms with Crippen LogP contribution in [0.25, 0.3) is 0 Å². The van der Waals surface area contributed by atoms with E-state index in [1.807, 2.05) is 31.2 Å². The smallest absolute Gasteiger partial charge is 0.224 e. The molecule has 0 saturated carbocycles. The maximum absolute atomic E-state index is 12.4. The van der Waals surface area contributed by atoms with E-state index in [1.54, 1.807) is 11.9 Å². The minimum Gasteiger partial charge on any atom is -0.494 e. The Morgan fingerprint density at radius 2 is 1.96 bits per heavy atom. The predicted molar refractivity (Wildman–Crippen MR) is 98.3 cm³/mol. The van der Waals surface area contributed by atoms with E-state index >= 15 is 0 Å². The molecule has 0 aliphatic carbocycles. The van der Waals surface area contributed by atoms with Crippen LogP contribution in [0, 0.1) is 11.8 Å². The fraction of sp³-hybridized carbons (Fsp3) is 0.600. The van der Waals surface area contributed by atoms with Gasteiger partial charge in [0.15, 0.2) is 0 Å². The molecule has 2 unspecified atom stereocenters. The van der Waals surface area contributed by atoms with Gasteiger partial charge < -0.3 is 15.0 Å². The van der Waals surface area contributed by atoms with E-state index in [4.69, 9.17) is 4.74 Å². The summed E-state index contributed by atoms with van der Waals surface area (Å²) >= 11 is 0. The van der Waals surface area contributed by atoms with Crippen LogP contribution in [0.5, 0.6) is 5.75 Å². The Morgan fingerprint density at radius 3 is 2.56 bits per heavy atom. The molecule has 1 aromatic carbocycles. The van der Waals surface area contributed by atoms with Crippen LogP contribution < -0.4 is 10.1 Å². The van der Waals surface area contributed by atoms with Gasteiger partial charge in [0, 0.05) is 25.9 Å². The molecule has 1 aliphatic rings. The van der Waals surface area contributed by atoms with E-state index in [0.29, 0.717) is 25.5 Å². The lowest BCUT2D eigenvalue weighted by Crippen LogP contribution is -2.42. The van der Waals surface area contributed by atoms with E-state index < -0.39 is 0 Å². The molecule has 1 aromatic rings. The van der Waals surface area contributed by atoms with Crippen LogP contribution in [-0.2, 0) is 9.59 Å². The second kappa shape index (κ2) is 8.88. The van der Waals surface area contributed by atoms with Crippen molar-refractivity contribution < 1.29 is 14.3 Å². The molecule has 1 N–H and O–H groups in total. The molecule has 25 heavy (non-hydrogen) atoms. The third-order valence-electron chi connectivity index (χ3n) is 4.73. The Morgan fingerprint density at radius 1 is 1.28 bits per heavy atom. The second-order valence-electron chi connectivity index (χ2n) is 7.34. The Kier molecular flexibility index (Phi) is 6.85. The summed E-state index contributed by atoms with van der Waals surface area (Å²) in [5.41, 5.74) is 1.03. The van der Waals surface area contributed by atoms with Crippen LogP contribution in [0.15, 0.2) is 24.3 Å². The van der Waals surface area contributed by atoms with Crippen molar-refractivity contribution >= 4 is 11.8 Å². The summed E-state index contributed by atoms with van der Waals surface area (Å²) in [6, 6.07) is 7.76. The topological polar surface area (TPSA) is 58.6 Å². The monoisotopic (exact) mass is 346 g/mol. The molecule has 0 aromatic heterocycles. The van der Waals surface area contributed by atoms with Crippen molar-refractivity contribution in [2.75, 3.05) is 20.2 Å². The molecular formula is C20H30N2O3. The number of nitrogens with zero attached hydrogens (tertiary/aromatic N) is 1. The van der Waals surface area contributed by atoms with Gasteiger partial charge in [0.2, 0.25) is 11.8 Å². The highest BCUT2D eigenvalue weighted by Crippen LogP contribution is 2.21. The SMILES string of the molecule is CC(C)CCOc1ccc(C(C)NC(=O)C2CCN(C)C(=O)C2)cc1. The standard InChI is InChI=1S/C20H30N2O3/c1-14(2)10-12-25-18-7-5-16(6-8-18)15(3)21-20(24)17-9-11-22(4)19(23)13-17/h5-8,14-15,17H,9-13H2,1-4H3,(H,21,24). The molecule has 0 spiro atoms. The molecule has 2 amide bonds. The first-order valence-electron chi connectivity index (χ1n) is 9.14. The number of rotatable bonds is 7. The lowest BCUT2D eigenvalue weighted by atomic mass is 9.95.